The van der Waals surface area contributed by atoms with Gasteiger partial charge in [0, 0.05) is 25.0 Å². The van der Waals surface area contributed by atoms with E-state index in [1.165, 1.54) is 12.4 Å². The molecular weight excluding hydrogens is 228 g/mol. The van der Waals surface area contributed by atoms with Crippen LogP contribution in [0.15, 0.2) is 30.6 Å². The summed E-state index contributed by atoms with van der Waals surface area (Å²) >= 11 is 0. The lowest BCUT2D eigenvalue weighted by Gasteiger charge is -2.08. The van der Waals surface area contributed by atoms with Gasteiger partial charge in [-0.3, -0.25) is 4.98 Å². The Morgan fingerprint density at radius 3 is 2.71 bits per heavy atom. The van der Waals surface area contributed by atoms with Crippen LogP contribution in [0, 0.1) is 11.6 Å². The molecule has 0 aliphatic heterocycles. The predicted molar refractivity (Wildman–Crippen MR) is 56.4 cm³/mol. The summed E-state index contributed by atoms with van der Waals surface area (Å²) < 4.78 is 31.4. The maximum atomic E-state index is 13.3. The minimum Gasteiger partial charge on any atom is -0.434 e. The van der Waals surface area contributed by atoms with Crippen LogP contribution in [-0.2, 0) is 6.54 Å². The van der Waals surface area contributed by atoms with E-state index in [0.29, 0.717) is 5.69 Å². The van der Waals surface area contributed by atoms with Gasteiger partial charge in [-0.15, -0.1) is 0 Å². The fraction of sp³-hybridized carbons (Fsp3) is 0.0909. The third kappa shape index (κ3) is 2.54. The molecule has 0 spiro atoms. The van der Waals surface area contributed by atoms with E-state index >= 15 is 0 Å². The minimum atomic E-state index is -0.681. The number of aromatic nitrogens is 2. The summed E-state index contributed by atoms with van der Waals surface area (Å²) in [4.78, 5) is 7.78. The molecule has 1 heterocycles. The zero-order valence-electron chi connectivity index (χ0n) is 8.73. The zero-order chi connectivity index (χ0) is 12.3. The molecule has 0 amide bonds. The number of hydrogen-bond donors (Lipinski definition) is 1. The summed E-state index contributed by atoms with van der Waals surface area (Å²) in [6.45, 7) is 0.0973. The molecule has 0 atom stereocenters. The standard InChI is InChI=1S/C11H9F2N3O/c12-7-1-2-8(13)10(5-7)17-11-9(6-14)15-3-4-16-11/h1-5H,6,14H2. The topological polar surface area (TPSA) is 61.0 Å². The van der Waals surface area contributed by atoms with Crippen molar-refractivity contribution in [1.82, 2.24) is 9.97 Å². The summed E-state index contributed by atoms with van der Waals surface area (Å²) in [6, 6.07) is 2.91. The second kappa shape index (κ2) is 4.84. The number of nitrogens with zero attached hydrogens (tertiary/aromatic N) is 2. The van der Waals surface area contributed by atoms with Crippen molar-refractivity contribution in [3.05, 3.63) is 47.9 Å². The first kappa shape index (κ1) is 11.4. The molecule has 6 heteroatoms. The van der Waals surface area contributed by atoms with Gasteiger partial charge in [-0.25, -0.2) is 13.8 Å². The van der Waals surface area contributed by atoms with Gasteiger partial charge in [-0.2, -0.15) is 0 Å². The first-order chi connectivity index (χ1) is 8.20. The average molecular weight is 237 g/mol. The molecule has 0 unspecified atom stereocenters. The largest absolute Gasteiger partial charge is 0.434 e. The molecule has 1 aromatic heterocycles. The van der Waals surface area contributed by atoms with Gasteiger partial charge < -0.3 is 10.5 Å². The molecule has 0 saturated heterocycles. The van der Waals surface area contributed by atoms with Gasteiger partial charge in [0.05, 0.1) is 0 Å². The van der Waals surface area contributed by atoms with Crippen LogP contribution >= 0.6 is 0 Å². The monoisotopic (exact) mass is 237 g/mol. The van der Waals surface area contributed by atoms with Crippen LogP contribution in [0.2, 0.25) is 0 Å². The Labute approximate surface area is 96.1 Å². The highest BCUT2D eigenvalue weighted by Crippen LogP contribution is 2.25. The number of hydrogen-bond acceptors (Lipinski definition) is 4. The number of halogens is 2. The van der Waals surface area contributed by atoms with Gasteiger partial charge in [0.25, 0.3) is 0 Å². The molecule has 0 fully saturated rings. The Morgan fingerprint density at radius 1 is 1.18 bits per heavy atom. The molecular formula is C11H9F2N3O. The lowest BCUT2D eigenvalue weighted by atomic mass is 10.3. The van der Waals surface area contributed by atoms with Crippen molar-refractivity contribution in [3.8, 4) is 11.6 Å². The van der Waals surface area contributed by atoms with Gasteiger partial charge in [-0.1, -0.05) is 0 Å². The van der Waals surface area contributed by atoms with E-state index in [9.17, 15) is 8.78 Å². The van der Waals surface area contributed by atoms with E-state index in [-0.39, 0.29) is 18.2 Å². The summed E-state index contributed by atoms with van der Waals surface area (Å²) in [7, 11) is 0. The molecule has 1 aromatic carbocycles. The molecule has 0 aliphatic carbocycles. The summed E-state index contributed by atoms with van der Waals surface area (Å²) in [5.41, 5.74) is 5.79. The Kier molecular flexibility index (Phi) is 3.24. The molecule has 0 aliphatic rings. The molecule has 2 rings (SSSR count). The van der Waals surface area contributed by atoms with E-state index in [4.69, 9.17) is 10.5 Å². The zero-order valence-corrected chi connectivity index (χ0v) is 8.73. The molecule has 2 N–H and O–H groups in total. The quantitative estimate of drug-likeness (QED) is 0.886. The number of rotatable bonds is 3. The Balaban J connectivity index is 2.34. The normalized spacial score (nSPS) is 10.3. The third-order valence-electron chi connectivity index (χ3n) is 2.03. The van der Waals surface area contributed by atoms with E-state index in [1.807, 2.05) is 0 Å². The number of nitrogens with two attached hydrogens (primary N) is 1. The Morgan fingerprint density at radius 2 is 1.94 bits per heavy atom. The molecule has 2 aromatic rings. The molecule has 4 nitrogen and oxygen atoms in total. The number of benzene rings is 1. The first-order valence-electron chi connectivity index (χ1n) is 4.83. The van der Waals surface area contributed by atoms with E-state index in [2.05, 4.69) is 9.97 Å². The summed E-state index contributed by atoms with van der Waals surface area (Å²) in [5, 5.41) is 0. The van der Waals surface area contributed by atoms with Crippen molar-refractivity contribution < 1.29 is 13.5 Å². The maximum Gasteiger partial charge on any atom is 0.242 e. The van der Waals surface area contributed by atoms with Crippen molar-refractivity contribution in [2.24, 2.45) is 5.73 Å². The van der Waals surface area contributed by atoms with E-state index in [1.54, 1.807) is 0 Å². The minimum absolute atomic E-state index is 0.0690. The van der Waals surface area contributed by atoms with Crippen molar-refractivity contribution in [1.29, 1.82) is 0 Å². The van der Waals surface area contributed by atoms with Crippen LogP contribution < -0.4 is 10.5 Å². The highest BCUT2D eigenvalue weighted by atomic mass is 19.1. The van der Waals surface area contributed by atoms with Crippen molar-refractivity contribution in [2.45, 2.75) is 6.54 Å². The van der Waals surface area contributed by atoms with Crippen LogP contribution in [0.5, 0.6) is 11.6 Å². The van der Waals surface area contributed by atoms with Gasteiger partial charge in [-0.05, 0) is 12.1 Å². The Hall–Kier alpha value is -2.08. The lowest BCUT2D eigenvalue weighted by Crippen LogP contribution is -2.04. The molecule has 17 heavy (non-hydrogen) atoms. The molecule has 0 bridgehead atoms. The van der Waals surface area contributed by atoms with Crippen molar-refractivity contribution >= 4 is 0 Å². The van der Waals surface area contributed by atoms with Crippen LogP contribution in [0.25, 0.3) is 0 Å². The molecule has 0 radical (unpaired) electrons. The Bertz CT molecular complexity index is 534. The van der Waals surface area contributed by atoms with Gasteiger partial charge in [0.1, 0.15) is 11.5 Å². The van der Waals surface area contributed by atoms with Crippen molar-refractivity contribution in [2.75, 3.05) is 0 Å². The van der Waals surface area contributed by atoms with Crippen LogP contribution in [0.4, 0.5) is 8.78 Å². The predicted octanol–water partition coefficient (Wildman–Crippen LogP) is 2.01. The van der Waals surface area contributed by atoms with E-state index in [0.717, 1.165) is 18.2 Å². The number of ether oxygens (including phenoxy) is 1. The molecule has 0 saturated carbocycles. The average Bonchev–Trinajstić information content (AvgIpc) is 2.34. The molecule has 88 valence electrons. The SMILES string of the molecule is NCc1nccnc1Oc1cc(F)ccc1F. The van der Waals surface area contributed by atoms with Crippen LogP contribution in [0.1, 0.15) is 5.69 Å². The van der Waals surface area contributed by atoms with Gasteiger partial charge in [0.2, 0.25) is 5.88 Å². The maximum absolute atomic E-state index is 13.3. The second-order valence-electron chi connectivity index (χ2n) is 3.19. The van der Waals surface area contributed by atoms with Gasteiger partial charge >= 0.3 is 0 Å². The first-order valence-corrected chi connectivity index (χ1v) is 4.83. The highest BCUT2D eigenvalue weighted by Gasteiger charge is 2.10. The van der Waals surface area contributed by atoms with Crippen LogP contribution in [0.3, 0.4) is 0 Å². The van der Waals surface area contributed by atoms with E-state index < -0.39 is 11.6 Å². The second-order valence-corrected chi connectivity index (χ2v) is 3.19. The fourth-order valence-electron chi connectivity index (χ4n) is 1.24. The summed E-state index contributed by atoms with van der Waals surface area (Å²) in [5.74, 6) is -1.46. The third-order valence-corrected chi connectivity index (χ3v) is 2.03. The smallest absolute Gasteiger partial charge is 0.242 e. The fourth-order valence-corrected chi connectivity index (χ4v) is 1.24. The van der Waals surface area contributed by atoms with Crippen LogP contribution in [-0.4, -0.2) is 9.97 Å². The summed E-state index contributed by atoms with van der Waals surface area (Å²) in [6.07, 6.45) is 2.82. The highest BCUT2D eigenvalue weighted by molar-refractivity contribution is 5.30. The van der Waals surface area contributed by atoms with Crippen molar-refractivity contribution in [3.63, 3.8) is 0 Å². The van der Waals surface area contributed by atoms with Gasteiger partial charge in [0.15, 0.2) is 11.6 Å². The lowest BCUT2D eigenvalue weighted by molar-refractivity contribution is 0.415.